The predicted octanol–water partition coefficient (Wildman–Crippen LogP) is 3.98. The molecule has 0 atom stereocenters. The molecule has 6 nitrogen and oxygen atoms in total. The van der Waals surface area contributed by atoms with Gasteiger partial charge in [-0.3, -0.25) is 9.72 Å². The maximum absolute atomic E-state index is 12.0. The molecule has 22 heavy (non-hydrogen) atoms. The molecule has 1 amide bonds. The number of rotatable bonds is 1. The number of nitrogens with zero attached hydrogens (tertiary/aromatic N) is 3. The summed E-state index contributed by atoms with van der Waals surface area (Å²) in [6.45, 7) is 11.8. The molecule has 0 saturated heterocycles. The summed E-state index contributed by atoms with van der Waals surface area (Å²) in [6, 6.07) is 0. The topological polar surface area (TPSA) is 68.5 Å². The third-order valence-corrected chi connectivity index (χ3v) is 3.55. The van der Waals surface area contributed by atoms with E-state index in [4.69, 9.17) is 4.74 Å². The average Bonchev–Trinajstić information content (AvgIpc) is 2.65. The number of carbonyl (C=O) groups is 1. The van der Waals surface area contributed by atoms with E-state index in [1.165, 1.54) is 0 Å². The van der Waals surface area contributed by atoms with Crippen LogP contribution >= 0.6 is 22.6 Å². The van der Waals surface area contributed by atoms with Crippen LogP contribution in [0.2, 0.25) is 0 Å². The van der Waals surface area contributed by atoms with Gasteiger partial charge in [0.2, 0.25) is 0 Å². The van der Waals surface area contributed by atoms with Gasteiger partial charge in [0.05, 0.1) is 0 Å². The van der Waals surface area contributed by atoms with Crippen LogP contribution in [0.1, 0.15) is 47.4 Å². The van der Waals surface area contributed by atoms with Crippen molar-refractivity contribution < 1.29 is 9.53 Å². The number of fused-ring (bicyclic) bond motifs is 1. The maximum atomic E-state index is 12.0. The number of carbonyl (C=O) groups excluding carboxylic acids is 1. The maximum Gasteiger partial charge on any atom is 0.413 e. The molecule has 0 radical (unpaired) electrons. The summed E-state index contributed by atoms with van der Waals surface area (Å²) in [5.41, 5.74) is 0.106. The zero-order valence-electron chi connectivity index (χ0n) is 13.7. The monoisotopic (exact) mass is 416 g/mol. The number of nitrogens with one attached hydrogen (secondary N) is 1. The lowest BCUT2D eigenvalue weighted by Crippen LogP contribution is -2.27. The highest BCUT2D eigenvalue weighted by molar-refractivity contribution is 14.1. The average molecular weight is 416 g/mol. The van der Waals surface area contributed by atoms with Crippen molar-refractivity contribution in [2.45, 2.75) is 52.6 Å². The Hall–Kier alpha value is -1.38. The van der Waals surface area contributed by atoms with Crippen LogP contribution in [0.5, 0.6) is 0 Å². The molecule has 2 aromatic heterocycles. The van der Waals surface area contributed by atoms with Gasteiger partial charge in [-0.15, -0.1) is 0 Å². The number of amides is 1. The minimum Gasteiger partial charge on any atom is -0.444 e. The summed E-state index contributed by atoms with van der Waals surface area (Å²) < 4.78 is 8.04. The number of ether oxygens (including phenoxy) is 1. The van der Waals surface area contributed by atoms with Gasteiger partial charge >= 0.3 is 6.09 Å². The first-order valence-electron chi connectivity index (χ1n) is 7.02. The first-order chi connectivity index (χ1) is 9.99. The summed E-state index contributed by atoms with van der Waals surface area (Å²) in [5.74, 6) is 1.37. The van der Waals surface area contributed by atoms with Crippen LogP contribution in [-0.4, -0.2) is 26.1 Å². The van der Waals surface area contributed by atoms with Crippen LogP contribution in [0.15, 0.2) is 12.4 Å². The molecule has 2 aromatic rings. The van der Waals surface area contributed by atoms with Crippen molar-refractivity contribution in [1.29, 1.82) is 0 Å². The fourth-order valence-corrected chi connectivity index (χ4v) is 2.76. The van der Waals surface area contributed by atoms with E-state index in [0.29, 0.717) is 5.82 Å². The zero-order valence-corrected chi connectivity index (χ0v) is 15.8. The van der Waals surface area contributed by atoms with E-state index in [2.05, 4.69) is 58.6 Å². The molecule has 2 heterocycles. The molecule has 0 unspecified atom stereocenters. The molecule has 0 bridgehead atoms. The molecule has 0 aliphatic heterocycles. The molecule has 1 N–H and O–H groups in total. The van der Waals surface area contributed by atoms with Crippen molar-refractivity contribution >= 4 is 40.0 Å². The minimum absolute atomic E-state index is 0.114. The molecule has 0 aliphatic carbocycles. The number of hydrogen-bond donors (Lipinski definition) is 1. The molecule has 0 spiro atoms. The van der Waals surface area contributed by atoms with Crippen LogP contribution in [-0.2, 0) is 10.2 Å². The minimum atomic E-state index is -0.556. The molecule has 0 aromatic carbocycles. The smallest absolute Gasteiger partial charge is 0.413 e. The van der Waals surface area contributed by atoms with E-state index in [9.17, 15) is 4.79 Å². The Morgan fingerprint density at radius 2 is 1.91 bits per heavy atom. The number of halogens is 1. The lowest BCUT2D eigenvalue weighted by molar-refractivity contribution is 0.0635. The van der Waals surface area contributed by atoms with Gasteiger partial charge in [-0.25, -0.2) is 14.8 Å². The largest absolute Gasteiger partial charge is 0.444 e. The zero-order chi connectivity index (χ0) is 16.7. The van der Waals surface area contributed by atoms with E-state index in [0.717, 1.165) is 15.0 Å². The first-order valence-corrected chi connectivity index (χ1v) is 8.10. The number of hydrogen-bond acceptors (Lipinski definition) is 4. The van der Waals surface area contributed by atoms with Crippen LogP contribution < -0.4 is 5.32 Å². The van der Waals surface area contributed by atoms with E-state index >= 15 is 0 Å². The normalized spacial score (nSPS) is 12.5. The Kier molecular flexibility index (Phi) is 4.38. The standard InChI is InChI=1S/C15H21IN4O2/c1-14(2,3)12-18-10(16)9-11(17-7-8-20(9)12)19-13(21)22-15(4,5)6/h7-8H,1-6H3,(H,17,19,21). The van der Waals surface area contributed by atoms with Gasteiger partial charge in [-0.05, 0) is 43.4 Å². The summed E-state index contributed by atoms with van der Waals surface area (Å²) in [5, 5.41) is 2.71. The lowest BCUT2D eigenvalue weighted by Gasteiger charge is -2.20. The van der Waals surface area contributed by atoms with Crippen LogP contribution in [0.3, 0.4) is 0 Å². The summed E-state index contributed by atoms with van der Waals surface area (Å²) in [6.07, 6.45) is 2.97. The molecular formula is C15H21IN4O2. The first kappa shape index (κ1) is 17.0. The fourth-order valence-electron chi connectivity index (χ4n) is 2.02. The van der Waals surface area contributed by atoms with Crippen LogP contribution in [0.4, 0.5) is 10.6 Å². The van der Waals surface area contributed by atoms with Crippen molar-refractivity contribution in [2.24, 2.45) is 0 Å². The van der Waals surface area contributed by atoms with E-state index in [1.54, 1.807) is 6.20 Å². The number of aromatic nitrogens is 3. The van der Waals surface area contributed by atoms with Gasteiger partial charge in [0, 0.05) is 17.8 Å². The van der Waals surface area contributed by atoms with Crippen molar-refractivity contribution in [3.8, 4) is 0 Å². The fraction of sp³-hybridized carbons (Fsp3) is 0.533. The number of anilines is 1. The highest BCUT2D eigenvalue weighted by Crippen LogP contribution is 2.28. The highest BCUT2D eigenvalue weighted by Gasteiger charge is 2.24. The molecule has 0 aliphatic rings. The van der Waals surface area contributed by atoms with E-state index < -0.39 is 11.7 Å². The Morgan fingerprint density at radius 1 is 1.27 bits per heavy atom. The van der Waals surface area contributed by atoms with Gasteiger partial charge in [-0.2, -0.15) is 0 Å². The quantitative estimate of drug-likeness (QED) is 0.715. The van der Waals surface area contributed by atoms with Crippen molar-refractivity contribution in [2.75, 3.05) is 5.32 Å². The second-order valence-electron chi connectivity index (χ2n) is 7.10. The van der Waals surface area contributed by atoms with Crippen molar-refractivity contribution in [1.82, 2.24) is 14.4 Å². The van der Waals surface area contributed by atoms with Gasteiger partial charge in [0.15, 0.2) is 5.82 Å². The Morgan fingerprint density at radius 3 is 2.45 bits per heavy atom. The van der Waals surface area contributed by atoms with E-state index in [1.807, 2.05) is 31.4 Å². The van der Waals surface area contributed by atoms with Gasteiger partial charge < -0.3 is 4.74 Å². The van der Waals surface area contributed by atoms with Crippen molar-refractivity contribution in [3.05, 3.63) is 21.9 Å². The Labute approximate surface area is 143 Å². The molecule has 0 saturated carbocycles. The third kappa shape index (κ3) is 3.68. The SMILES string of the molecule is CC(C)(C)OC(=O)Nc1nccn2c(C(C)(C)C)nc(I)c12. The van der Waals surface area contributed by atoms with Gasteiger partial charge in [0.25, 0.3) is 0 Å². The summed E-state index contributed by atoms with van der Waals surface area (Å²) >= 11 is 2.16. The second kappa shape index (κ2) is 5.68. The van der Waals surface area contributed by atoms with Crippen LogP contribution in [0.25, 0.3) is 5.52 Å². The highest BCUT2D eigenvalue weighted by atomic mass is 127. The van der Waals surface area contributed by atoms with Gasteiger partial charge in [-0.1, -0.05) is 20.8 Å². The van der Waals surface area contributed by atoms with Crippen molar-refractivity contribution in [3.63, 3.8) is 0 Å². The molecular weight excluding hydrogens is 395 g/mol. The molecule has 7 heteroatoms. The van der Waals surface area contributed by atoms with E-state index in [-0.39, 0.29) is 5.41 Å². The third-order valence-electron chi connectivity index (χ3n) is 2.80. The lowest BCUT2D eigenvalue weighted by atomic mass is 9.96. The van der Waals surface area contributed by atoms with Crippen LogP contribution in [0, 0.1) is 3.70 Å². The summed E-state index contributed by atoms with van der Waals surface area (Å²) in [4.78, 5) is 20.9. The summed E-state index contributed by atoms with van der Waals surface area (Å²) in [7, 11) is 0. The Bertz CT molecular complexity index is 711. The van der Waals surface area contributed by atoms with Gasteiger partial charge in [0.1, 0.15) is 20.6 Å². The number of imidazole rings is 1. The molecule has 120 valence electrons. The predicted molar refractivity (Wildman–Crippen MR) is 94.3 cm³/mol. The Balaban J connectivity index is 2.44. The molecule has 0 fully saturated rings. The molecule has 2 rings (SSSR count). The second-order valence-corrected chi connectivity index (χ2v) is 8.12.